The van der Waals surface area contributed by atoms with Crippen LogP contribution in [-0.2, 0) is 14.3 Å². The van der Waals surface area contributed by atoms with E-state index in [0.717, 1.165) is 38.4 Å². The van der Waals surface area contributed by atoms with Gasteiger partial charge in [-0.1, -0.05) is 11.6 Å². The maximum absolute atomic E-state index is 11.0. The molecule has 2 aliphatic rings. The molecule has 19 heavy (non-hydrogen) atoms. The summed E-state index contributed by atoms with van der Waals surface area (Å²) in [6.45, 7) is 0. The molecule has 4 heteroatoms. The summed E-state index contributed by atoms with van der Waals surface area (Å²) in [4.78, 5) is 22.0. The molecule has 1 fully saturated rings. The average Bonchev–Trinajstić information content (AvgIpc) is 2.90. The van der Waals surface area contributed by atoms with Crippen molar-refractivity contribution in [1.29, 1.82) is 0 Å². The van der Waals surface area contributed by atoms with Crippen LogP contribution in [0.5, 0.6) is 0 Å². The third kappa shape index (κ3) is 3.24. The van der Waals surface area contributed by atoms with Crippen LogP contribution in [-0.4, -0.2) is 30.6 Å². The molecule has 2 rings (SSSR count). The van der Waals surface area contributed by atoms with Gasteiger partial charge in [0.25, 0.3) is 0 Å². The molecule has 1 saturated carbocycles. The van der Waals surface area contributed by atoms with E-state index in [9.17, 15) is 14.7 Å². The van der Waals surface area contributed by atoms with E-state index in [-0.39, 0.29) is 11.9 Å². The lowest BCUT2D eigenvalue weighted by Gasteiger charge is -2.15. The number of esters is 1. The van der Waals surface area contributed by atoms with Crippen LogP contribution in [0.2, 0.25) is 0 Å². The van der Waals surface area contributed by atoms with Gasteiger partial charge in [-0.25, -0.2) is 0 Å². The van der Waals surface area contributed by atoms with Crippen molar-refractivity contribution in [2.24, 2.45) is 17.8 Å². The van der Waals surface area contributed by atoms with Crippen molar-refractivity contribution in [3.8, 4) is 0 Å². The highest BCUT2D eigenvalue weighted by Crippen LogP contribution is 2.46. The van der Waals surface area contributed by atoms with E-state index < -0.39 is 6.10 Å². The first-order valence-electron chi connectivity index (χ1n) is 7.05. The number of ether oxygens (including phenoxy) is 1. The Balaban J connectivity index is 1.74. The zero-order valence-corrected chi connectivity index (χ0v) is 11.4. The molecule has 106 valence electrons. The Morgan fingerprint density at radius 2 is 2.32 bits per heavy atom. The zero-order chi connectivity index (χ0) is 13.8. The fraction of sp³-hybridized carbons (Fsp3) is 0.733. The van der Waals surface area contributed by atoms with Gasteiger partial charge >= 0.3 is 5.97 Å². The third-order valence-corrected chi connectivity index (χ3v) is 4.46. The lowest BCUT2D eigenvalue weighted by Crippen LogP contribution is -2.20. The highest BCUT2D eigenvalue weighted by atomic mass is 16.5. The maximum atomic E-state index is 11.0. The van der Waals surface area contributed by atoms with E-state index in [0.29, 0.717) is 18.3 Å². The predicted molar refractivity (Wildman–Crippen MR) is 70.3 cm³/mol. The number of unbranched alkanes of at least 4 members (excludes halogenated alkanes) is 1. The molecule has 4 nitrogen and oxygen atoms in total. The van der Waals surface area contributed by atoms with Crippen molar-refractivity contribution in [3.63, 3.8) is 0 Å². The van der Waals surface area contributed by atoms with Gasteiger partial charge in [0, 0.05) is 12.3 Å². The Kier molecular flexibility index (Phi) is 4.75. The van der Waals surface area contributed by atoms with Crippen LogP contribution in [0, 0.1) is 17.8 Å². The first-order valence-corrected chi connectivity index (χ1v) is 7.05. The monoisotopic (exact) mass is 266 g/mol. The van der Waals surface area contributed by atoms with Gasteiger partial charge in [-0.2, -0.15) is 0 Å². The highest BCUT2D eigenvalue weighted by Gasteiger charge is 2.44. The van der Waals surface area contributed by atoms with Gasteiger partial charge in [-0.3, -0.25) is 4.79 Å². The molecule has 1 N–H and O–H groups in total. The van der Waals surface area contributed by atoms with Gasteiger partial charge in [0.15, 0.2) is 0 Å². The van der Waals surface area contributed by atoms with Crippen molar-refractivity contribution in [2.45, 2.75) is 44.6 Å². The van der Waals surface area contributed by atoms with Gasteiger partial charge in [0.05, 0.1) is 13.2 Å². The lowest BCUT2D eigenvalue weighted by molar-refractivity contribution is -0.140. The molecule has 0 radical (unpaired) electrons. The first kappa shape index (κ1) is 14.3. The molecule has 0 saturated heterocycles. The fourth-order valence-corrected chi connectivity index (χ4v) is 3.43. The predicted octanol–water partition coefficient (Wildman–Crippen LogP) is 1.86. The number of methoxy groups -OCH3 is 1. The topological polar surface area (TPSA) is 63.6 Å². The second kappa shape index (κ2) is 6.33. The fourth-order valence-electron chi connectivity index (χ4n) is 3.43. The molecule has 0 aromatic carbocycles. The van der Waals surface area contributed by atoms with Crippen LogP contribution < -0.4 is 0 Å². The molecule has 0 aliphatic heterocycles. The number of hydrogen-bond acceptors (Lipinski definition) is 4. The maximum Gasteiger partial charge on any atom is 0.305 e. The molecule has 0 aromatic rings. The number of allylic oxidation sites excluding steroid dienone is 2. The van der Waals surface area contributed by atoms with E-state index in [1.807, 2.05) is 0 Å². The molecule has 2 aliphatic carbocycles. The molecular formula is C15H22O4. The number of aliphatic hydroxyl groups is 1. The second-order valence-corrected chi connectivity index (χ2v) is 5.66. The second-order valence-electron chi connectivity index (χ2n) is 5.66. The van der Waals surface area contributed by atoms with Crippen molar-refractivity contribution < 1.29 is 19.4 Å². The summed E-state index contributed by atoms with van der Waals surface area (Å²) in [5.41, 5.74) is 1.39. The summed E-state index contributed by atoms with van der Waals surface area (Å²) in [6, 6.07) is 0. The van der Waals surface area contributed by atoms with Crippen LogP contribution in [0.3, 0.4) is 0 Å². The van der Waals surface area contributed by atoms with Crippen molar-refractivity contribution in [1.82, 2.24) is 0 Å². The van der Waals surface area contributed by atoms with E-state index in [1.165, 1.54) is 12.7 Å². The average molecular weight is 266 g/mol. The van der Waals surface area contributed by atoms with Gasteiger partial charge in [-0.15, -0.1) is 0 Å². The van der Waals surface area contributed by atoms with Crippen LogP contribution in [0.4, 0.5) is 0 Å². The molecular weight excluding hydrogens is 244 g/mol. The van der Waals surface area contributed by atoms with E-state index in [1.54, 1.807) is 0 Å². The van der Waals surface area contributed by atoms with Crippen molar-refractivity contribution in [3.05, 3.63) is 11.6 Å². The van der Waals surface area contributed by atoms with Gasteiger partial charge in [-0.05, 0) is 43.9 Å². The Morgan fingerprint density at radius 3 is 3.00 bits per heavy atom. The standard InChI is InChI=1S/C15H22O4/c1-19-15(18)5-3-2-4-10-6-11-8-14(17)13(9-16)12(11)7-10/h6,9,11-14,17H,2-5,7-8H2,1H3/t11-,12-,13+,14+/m0/s1. The minimum absolute atomic E-state index is 0.151. The zero-order valence-electron chi connectivity index (χ0n) is 11.4. The molecule has 0 amide bonds. The smallest absolute Gasteiger partial charge is 0.305 e. The largest absolute Gasteiger partial charge is 0.469 e. The Morgan fingerprint density at radius 1 is 1.53 bits per heavy atom. The number of fused-ring (bicyclic) bond motifs is 1. The van der Waals surface area contributed by atoms with Crippen molar-refractivity contribution in [2.75, 3.05) is 7.11 Å². The number of carbonyl (C=O) groups excluding carboxylic acids is 2. The quantitative estimate of drug-likeness (QED) is 0.345. The minimum Gasteiger partial charge on any atom is -0.469 e. The van der Waals surface area contributed by atoms with Crippen LogP contribution in [0.15, 0.2) is 11.6 Å². The number of rotatable bonds is 6. The van der Waals surface area contributed by atoms with Crippen LogP contribution in [0.1, 0.15) is 38.5 Å². The lowest BCUT2D eigenvalue weighted by atomic mass is 9.90. The molecule has 0 spiro atoms. The SMILES string of the molecule is COC(=O)CCCCC1=C[C@H]2C[C@@H](O)[C@H](C=O)[C@H]2C1. The summed E-state index contributed by atoms with van der Waals surface area (Å²) in [5, 5.41) is 9.77. The van der Waals surface area contributed by atoms with Gasteiger partial charge in [0.1, 0.15) is 6.29 Å². The molecule has 0 unspecified atom stereocenters. The van der Waals surface area contributed by atoms with E-state index >= 15 is 0 Å². The summed E-state index contributed by atoms with van der Waals surface area (Å²) in [7, 11) is 1.41. The number of hydrogen-bond donors (Lipinski definition) is 1. The first-order chi connectivity index (χ1) is 9.15. The molecule has 4 atom stereocenters. The summed E-state index contributed by atoms with van der Waals surface area (Å²) in [5.74, 6) is 0.346. The molecule has 0 heterocycles. The van der Waals surface area contributed by atoms with E-state index in [2.05, 4.69) is 10.8 Å². The van der Waals surface area contributed by atoms with Crippen LogP contribution in [0.25, 0.3) is 0 Å². The highest BCUT2D eigenvalue weighted by molar-refractivity contribution is 5.68. The number of aldehydes is 1. The summed E-state index contributed by atoms with van der Waals surface area (Å²) < 4.78 is 4.60. The normalized spacial score (nSPS) is 32.8. The number of carbonyl (C=O) groups is 2. The van der Waals surface area contributed by atoms with Gasteiger partial charge in [0.2, 0.25) is 0 Å². The summed E-state index contributed by atoms with van der Waals surface area (Å²) >= 11 is 0. The third-order valence-electron chi connectivity index (χ3n) is 4.46. The van der Waals surface area contributed by atoms with Crippen molar-refractivity contribution >= 4 is 12.3 Å². The Labute approximate surface area is 113 Å². The van der Waals surface area contributed by atoms with Gasteiger partial charge < -0.3 is 14.6 Å². The molecule has 0 aromatic heterocycles. The number of aliphatic hydroxyl groups excluding tert-OH is 1. The Bertz CT molecular complexity index is 374. The molecule has 0 bridgehead atoms. The van der Waals surface area contributed by atoms with Crippen LogP contribution >= 0.6 is 0 Å². The van der Waals surface area contributed by atoms with E-state index in [4.69, 9.17) is 0 Å². The summed E-state index contributed by atoms with van der Waals surface area (Å²) in [6.07, 6.45) is 7.66. The minimum atomic E-state index is -0.454. The Hall–Kier alpha value is -1.16.